The number of hydrogen-bond acceptors (Lipinski definition) is 2. The highest BCUT2D eigenvalue weighted by Gasteiger charge is 2.53. The summed E-state index contributed by atoms with van der Waals surface area (Å²) in [5, 5.41) is 0. The quantitative estimate of drug-likeness (QED) is 0.654. The molecule has 0 heterocycles. The Balaban J connectivity index is 1.96. The Morgan fingerprint density at radius 3 is 2.54 bits per heavy atom. The van der Waals surface area contributed by atoms with Crippen molar-refractivity contribution in [3.63, 3.8) is 0 Å². The molecule has 0 aromatic heterocycles. The van der Waals surface area contributed by atoms with Crippen LogP contribution in [-0.2, 0) is 0 Å². The van der Waals surface area contributed by atoms with Crippen LogP contribution in [0.2, 0.25) is 0 Å². The fourth-order valence-corrected chi connectivity index (χ4v) is 5.80. The van der Waals surface area contributed by atoms with E-state index in [-0.39, 0.29) is 11.3 Å². The molecule has 2 nitrogen and oxygen atoms in total. The first kappa shape index (κ1) is 17.5. The molecule has 2 aliphatic rings. The van der Waals surface area contributed by atoms with Gasteiger partial charge in [0.15, 0.2) is 5.78 Å². The van der Waals surface area contributed by atoms with E-state index in [1.165, 1.54) is 32.1 Å². The minimum absolute atomic E-state index is 0.147. The van der Waals surface area contributed by atoms with Gasteiger partial charge in [-0.15, -0.1) is 0 Å². The van der Waals surface area contributed by atoms with Crippen molar-refractivity contribution in [3.8, 4) is 5.75 Å². The number of rotatable bonds is 3. The zero-order chi connectivity index (χ0) is 17.5. The molecule has 1 aromatic carbocycles. The molecule has 2 aliphatic carbocycles. The summed E-state index contributed by atoms with van der Waals surface area (Å²) in [6.45, 7) is 9.26. The topological polar surface area (TPSA) is 26.3 Å². The van der Waals surface area contributed by atoms with Crippen LogP contribution in [0.15, 0.2) is 18.2 Å². The van der Waals surface area contributed by atoms with Crippen LogP contribution in [0.5, 0.6) is 5.75 Å². The fraction of sp³-hybridized carbons (Fsp3) is 0.682. The summed E-state index contributed by atoms with van der Waals surface area (Å²) < 4.78 is 5.39. The Hall–Kier alpha value is -1.31. The number of carbonyl (C=O) groups excluding carboxylic acids is 1. The fourth-order valence-electron chi connectivity index (χ4n) is 5.80. The van der Waals surface area contributed by atoms with E-state index in [2.05, 4.69) is 20.8 Å². The van der Waals surface area contributed by atoms with Crippen molar-refractivity contribution in [3.05, 3.63) is 29.3 Å². The second-order valence-corrected chi connectivity index (χ2v) is 8.99. The first-order valence-corrected chi connectivity index (χ1v) is 9.48. The molecular weight excluding hydrogens is 296 g/mol. The summed E-state index contributed by atoms with van der Waals surface area (Å²) in [5.74, 6) is 1.94. The third-order valence-electron chi connectivity index (χ3n) is 6.95. The van der Waals surface area contributed by atoms with Crippen molar-refractivity contribution in [1.82, 2.24) is 0 Å². The molecule has 0 bridgehead atoms. The number of methoxy groups -OCH3 is 1. The van der Waals surface area contributed by atoms with Crippen LogP contribution in [0.3, 0.4) is 0 Å². The Kier molecular flexibility index (Phi) is 4.53. The predicted octanol–water partition coefficient (Wildman–Crippen LogP) is 5.82. The van der Waals surface area contributed by atoms with Crippen molar-refractivity contribution >= 4 is 5.78 Å². The molecule has 0 aliphatic heterocycles. The average Bonchev–Trinajstić information content (AvgIpc) is 2.52. The lowest BCUT2D eigenvalue weighted by molar-refractivity contribution is -0.0613. The number of ketones is 1. The van der Waals surface area contributed by atoms with E-state index in [0.717, 1.165) is 23.3 Å². The van der Waals surface area contributed by atoms with Gasteiger partial charge in [0.25, 0.3) is 0 Å². The Morgan fingerprint density at radius 1 is 1.08 bits per heavy atom. The third kappa shape index (κ3) is 2.89. The van der Waals surface area contributed by atoms with Crippen LogP contribution >= 0.6 is 0 Å². The van der Waals surface area contributed by atoms with Crippen molar-refractivity contribution in [1.29, 1.82) is 0 Å². The number of hydrogen-bond donors (Lipinski definition) is 0. The molecule has 1 aromatic rings. The Bertz CT molecular complexity index is 631. The molecule has 0 spiro atoms. The maximum absolute atomic E-state index is 13.4. The second-order valence-electron chi connectivity index (χ2n) is 8.99. The minimum atomic E-state index is 0.147. The van der Waals surface area contributed by atoms with Crippen LogP contribution in [-0.4, -0.2) is 12.9 Å². The third-order valence-corrected chi connectivity index (χ3v) is 6.95. The molecule has 24 heavy (non-hydrogen) atoms. The molecular formula is C22H32O2. The lowest BCUT2D eigenvalue weighted by Crippen LogP contribution is -2.50. The van der Waals surface area contributed by atoms with E-state index in [1.807, 2.05) is 25.1 Å². The van der Waals surface area contributed by atoms with Gasteiger partial charge >= 0.3 is 0 Å². The summed E-state index contributed by atoms with van der Waals surface area (Å²) >= 11 is 0. The van der Waals surface area contributed by atoms with Gasteiger partial charge in [0.1, 0.15) is 5.75 Å². The maximum Gasteiger partial charge on any atom is 0.166 e. The van der Waals surface area contributed by atoms with Crippen molar-refractivity contribution in [2.45, 2.75) is 66.2 Å². The van der Waals surface area contributed by atoms with E-state index in [4.69, 9.17) is 4.74 Å². The smallest absolute Gasteiger partial charge is 0.166 e. The second kappa shape index (κ2) is 6.20. The molecule has 2 saturated carbocycles. The molecule has 0 radical (unpaired) electrons. The van der Waals surface area contributed by atoms with Gasteiger partial charge in [0.2, 0.25) is 0 Å². The Labute approximate surface area is 147 Å². The molecule has 0 saturated heterocycles. The minimum Gasteiger partial charge on any atom is -0.497 e. The molecule has 3 rings (SSSR count). The van der Waals surface area contributed by atoms with Crippen molar-refractivity contribution in [2.24, 2.45) is 22.7 Å². The summed E-state index contributed by atoms with van der Waals surface area (Å²) in [6, 6.07) is 5.95. The number of benzene rings is 1. The van der Waals surface area contributed by atoms with E-state index < -0.39 is 0 Å². The van der Waals surface area contributed by atoms with Crippen LogP contribution in [0.25, 0.3) is 0 Å². The molecule has 0 amide bonds. The van der Waals surface area contributed by atoms with Gasteiger partial charge in [0, 0.05) is 11.5 Å². The van der Waals surface area contributed by atoms with Crippen molar-refractivity contribution in [2.75, 3.05) is 7.11 Å². The first-order valence-electron chi connectivity index (χ1n) is 9.48. The molecule has 3 atom stereocenters. The number of aryl methyl sites for hydroxylation is 1. The van der Waals surface area contributed by atoms with Gasteiger partial charge in [-0.25, -0.2) is 0 Å². The highest BCUT2D eigenvalue weighted by molar-refractivity contribution is 5.99. The first-order chi connectivity index (χ1) is 11.3. The lowest BCUT2D eigenvalue weighted by Gasteiger charge is -2.56. The van der Waals surface area contributed by atoms with Gasteiger partial charge in [0.05, 0.1) is 7.11 Å². The van der Waals surface area contributed by atoms with Crippen LogP contribution in [0, 0.1) is 29.6 Å². The SMILES string of the molecule is COc1cc(C)cc(C(=O)C2CCCC3C(C)(C)CCCC23C)c1. The van der Waals surface area contributed by atoms with E-state index >= 15 is 0 Å². The number of carbonyl (C=O) groups is 1. The molecule has 2 fully saturated rings. The van der Waals surface area contributed by atoms with Gasteiger partial charge in [-0.2, -0.15) is 0 Å². The average molecular weight is 328 g/mol. The molecule has 0 N–H and O–H groups in total. The van der Waals surface area contributed by atoms with Crippen LogP contribution in [0.1, 0.15) is 75.2 Å². The molecule has 2 heteroatoms. The summed E-state index contributed by atoms with van der Waals surface area (Å²) in [5.41, 5.74) is 2.44. The normalized spacial score (nSPS) is 32.0. The van der Waals surface area contributed by atoms with E-state index in [1.54, 1.807) is 7.11 Å². The van der Waals surface area contributed by atoms with Gasteiger partial charge in [-0.05, 0) is 73.1 Å². The monoisotopic (exact) mass is 328 g/mol. The largest absolute Gasteiger partial charge is 0.497 e. The molecule has 3 unspecified atom stereocenters. The van der Waals surface area contributed by atoms with Gasteiger partial charge in [-0.1, -0.05) is 33.6 Å². The maximum atomic E-state index is 13.4. The van der Waals surface area contributed by atoms with E-state index in [9.17, 15) is 4.79 Å². The highest BCUT2D eigenvalue weighted by Crippen LogP contribution is 2.60. The summed E-state index contributed by atoms with van der Waals surface area (Å²) in [4.78, 5) is 13.4. The standard InChI is InChI=1S/C22H32O2/c1-15-12-16(14-17(13-15)24-5)20(23)18-8-6-9-19-21(2,3)10-7-11-22(18,19)4/h12-14,18-19H,6-11H2,1-5H3. The zero-order valence-electron chi connectivity index (χ0n) is 15.9. The lowest BCUT2D eigenvalue weighted by atomic mass is 9.47. The summed E-state index contributed by atoms with van der Waals surface area (Å²) in [6.07, 6.45) is 7.25. The predicted molar refractivity (Wildman–Crippen MR) is 98.6 cm³/mol. The molecule has 132 valence electrons. The number of Topliss-reactive ketones (excluding diaryl/α,β-unsaturated/α-hetero) is 1. The summed E-state index contributed by atoms with van der Waals surface area (Å²) in [7, 11) is 1.67. The van der Waals surface area contributed by atoms with Gasteiger partial charge < -0.3 is 4.74 Å². The number of fused-ring (bicyclic) bond motifs is 1. The highest BCUT2D eigenvalue weighted by atomic mass is 16.5. The zero-order valence-corrected chi connectivity index (χ0v) is 15.9. The van der Waals surface area contributed by atoms with Crippen LogP contribution < -0.4 is 4.74 Å². The number of ether oxygens (including phenoxy) is 1. The van der Waals surface area contributed by atoms with Crippen molar-refractivity contribution < 1.29 is 9.53 Å². The van der Waals surface area contributed by atoms with E-state index in [0.29, 0.717) is 17.1 Å². The Morgan fingerprint density at radius 2 is 1.83 bits per heavy atom. The van der Waals surface area contributed by atoms with Crippen LogP contribution in [0.4, 0.5) is 0 Å². The van der Waals surface area contributed by atoms with Gasteiger partial charge in [-0.3, -0.25) is 4.79 Å².